The van der Waals surface area contributed by atoms with Gasteiger partial charge in [-0.25, -0.2) is 14.0 Å². The van der Waals surface area contributed by atoms with Crippen LogP contribution < -0.4 is 10.6 Å². The first kappa shape index (κ1) is 16.6. The summed E-state index contributed by atoms with van der Waals surface area (Å²) in [6.45, 7) is 3.57. The molecule has 0 radical (unpaired) electrons. The molecule has 1 atom stereocenters. The number of benzene rings is 1. The lowest BCUT2D eigenvalue weighted by molar-refractivity contribution is -0.139. The van der Waals surface area contributed by atoms with Gasteiger partial charge >= 0.3 is 12.0 Å². The minimum absolute atomic E-state index is 0. The van der Waals surface area contributed by atoms with Gasteiger partial charge < -0.3 is 20.8 Å². The lowest BCUT2D eigenvalue weighted by atomic mass is 9.95. The lowest BCUT2D eigenvalue weighted by Crippen LogP contribution is -2.45. The van der Waals surface area contributed by atoms with E-state index in [1.165, 1.54) is 24.3 Å². The zero-order valence-corrected chi connectivity index (χ0v) is 11.7. The first-order valence-corrected chi connectivity index (χ1v) is 6.23. The van der Waals surface area contributed by atoms with Gasteiger partial charge in [0.05, 0.1) is 18.2 Å². The molecule has 7 heteroatoms. The number of carbonyl (C=O) groups is 2. The van der Waals surface area contributed by atoms with Gasteiger partial charge in [0.25, 0.3) is 0 Å². The molecule has 2 amide bonds. The molecule has 1 heterocycles. The van der Waals surface area contributed by atoms with E-state index in [0.717, 1.165) is 0 Å². The van der Waals surface area contributed by atoms with Gasteiger partial charge in [0.15, 0.2) is 0 Å². The van der Waals surface area contributed by atoms with E-state index in [0.29, 0.717) is 16.8 Å². The number of allylic oxidation sites excluding steroid dienone is 1. The first-order chi connectivity index (χ1) is 9.52. The second-order valence-electron chi connectivity index (χ2n) is 4.34. The number of amides is 2. The fraction of sp³-hybridized carbons (Fsp3) is 0.286. The van der Waals surface area contributed by atoms with E-state index in [4.69, 9.17) is 4.74 Å². The van der Waals surface area contributed by atoms with Crippen molar-refractivity contribution in [2.24, 2.45) is 0 Å². The molecule has 1 aromatic rings. The van der Waals surface area contributed by atoms with Gasteiger partial charge in [0.1, 0.15) is 5.82 Å². The van der Waals surface area contributed by atoms with Crippen LogP contribution in [-0.2, 0) is 9.53 Å². The van der Waals surface area contributed by atoms with Crippen molar-refractivity contribution < 1.29 is 24.2 Å². The molecule has 0 spiro atoms. The number of carbonyl (C=O) groups excluding carboxylic acids is 2. The molecule has 0 saturated carbocycles. The predicted octanol–water partition coefficient (Wildman–Crippen LogP) is 1.19. The third kappa shape index (κ3) is 3.57. The Morgan fingerprint density at radius 3 is 2.52 bits per heavy atom. The fourth-order valence-electron chi connectivity index (χ4n) is 2.08. The van der Waals surface area contributed by atoms with Crippen molar-refractivity contribution in [3.05, 3.63) is 46.9 Å². The zero-order valence-electron chi connectivity index (χ0n) is 11.7. The van der Waals surface area contributed by atoms with Crippen LogP contribution in [0.2, 0.25) is 0 Å². The first-order valence-electron chi connectivity index (χ1n) is 6.23. The standard InChI is InChI=1S/C14H15FN2O3.H2O/c1-3-20-13(18)11-8(2)16-14(19)17-12(11)9-4-6-10(15)7-5-9;/h4-7,12H,3H2,1-2H3,(H2,16,17,19);1H2. The minimum Gasteiger partial charge on any atom is -0.463 e. The molecular weight excluding hydrogens is 279 g/mol. The van der Waals surface area contributed by atoms with E-state index < -0.39 is 18.0 Å². The van der Waals surface area contributed by atoms with Crippen LogP contribution in [0.4, 0.5) is 9.18 Å². The van der Waals surface area contributed by atoms with Crippen LogP contribution in [0, 0.1) is 5.82 Å². The summed E-state index contributed by atoms with van der Waals surface area (Å²) in [5.41, 5.74) is 1.36. The number of hydrogen-bond acceptors (Lipinski definition) is 3. The van der Waals surface area contributed by atoms with E-state index in [1.807, 2.05) is 0 Å². The Labute approximate surface area is 121 Å². The van der Waals surface area contributed by atoms with Gasteiger partial charge in [-0.2, -0.15) is 0 Å². The molecule has 0 fully saturated rings. The maximum atomic E-state index is 13.0. The smallest absolute Gasteiger partial charge is 0.338 e. The van der Waals surface area contributed by atoms with Crippen LogP contribution in [0.15, 0.2) is 35.5 Å². The van der Waals surface area contributed by atoms with Gasteiger partial charge in [-0.3, -0.25) is 0 Å². The highest BCUT2D eigenvalue weighted by Gasteiger charge is 2.31. The highest BCUT2D eigenvalue weighted by Crippen LogP contribution is 2.27. The van der Waals surface area contributed by atoms with Crippen LogP contribution in [0.25, 0.3) is 0 Å². The molecule has 1 aromatic carbocycles. The molecule has 1 unspecified atom stereocenters. The average molecular weight is 296 g/mol. The SMILES string of the molecule is CCOC(=O)C1=C(C)NC(=O)NC1c1ccc(F)cc1.O. The van der Waals surface area contributed by atoms with Crippen LogP contribution in [0.3, 0.4) is 0 Å². The third-order valence-corrected chi connectivity index (χ3v) is 2.97. The number of halogens is 1. The molecule has 0 bridgehead atoms. The predicted molar refractivity (Wildman–Crippen MR) is 73.8 cm³/mol. The molecule has 6 nitrogen and oxygen atoms in total. The lowest BCUT2D eigenvalue weighted by Gasteiger charge is -2.28. The molecule has 21 heavy (non-hydrogen) atoms. The number of nitrogens with one attached hydrogen (secondary N) is 2. The number of urea groups is 1. The summed E-state index contributed by atoms with van der Waals surface area (Å²) in [5, 5.41) is 5.18. The monoisotopic (exact) mass is 296 g/mol. The summed E-state index contributed by atoms with van der Waals surface area (Å²) in [5.74, 6) is -0.890. The van der Waals surface area contributed by atoms with E-state index in [9.17, 15) is 14.0 Å². The fourth-order valence-corrected chi connectivity index (χ4v) is 2.08. The highest BCUT2D eigenvalue weighted by atomic mass is 19.1. The Hall–Kier alpha value is -2.41. The maximum Gasteiger partial charge on any atom is 0.338 e. The van der Waals surface area contributed by atoms with Crippen LogP contribution in [0.5, 0.6) is 0 Å². The van der Waals surface area contributed by atoms with Crippen molar-refractivity contribution in [2.45, 2.75) is 19.9 Å². The number of hydrogen-bond donors (Lipinski definition) is 2. The summed E-state index contributed by atoms with van der Waals surface area (Å²) in [6.07, 6.45) is 0. The Morgan fingerprint density at radius 1 is 1.33 bits per heavy atom. The van der Waals surface area contributed by atoms with Crippen molar-refractivity contribution in [1.29, 1.82) is 0 Å². The third-order valence-electron chi connectivity index (χ3n) is 2.97. The maximum absolute atomic E-state index is 13.0. The number of esters is 1. The van der Waals surface area contributed by atoms with Gasteiger partial charge in [0, 0.05) is 5.70 Å². The topological polar surface area (TPSA) is 98.9 Å². The summed E-state index contributed by atoms with van der Waals surface area (Å²) in [6, 6.07) is 4.55. The zero-order chi connectivity index (χ0) is 14.7. The van der Waals surface area contributed by atoms with Crippen molar-refractivity contribution in [2.75, 3.05) is 6.61 Å². The normalized spacial score (nSPS) is 17.5. The Kier molecular flexibility index (Phi) is 5.43. The molecule has 0 aliphatic carbocycles. The Balaban J connectivity index is 0.00000220. The number of ether oxygens (including phenoxy) is 1. The summed E-state index contributed by atoms with van der Waals surface area (Å²) in [7, 11) is 0. The molecule has 0 aromatic heterocycles. The average Bonchev–Trinajstić information content (AvgIpc) is 2.38. The van der Waals surface area contributed by atoms with Gasteiger partial charge in [-0.05, 0) is 31.5 Å². The molecule has 0 saturated heterocycles. The van der Waals surface area contributed by atoms with Gasteiger partial charge in [-0.15, -0.1) is 0 Å². The van der Waals surface area contributed by atoms with Crippen molar-refractivity contribution >= 4 is 12.0 Å². The summed E-state index contributed by atoms with van der Waals surface area (Å²) in [4.78, 5) is 23.6. The number of rotatable bonds is 3. The van der Waals surface area contributed by atoms with Crippen LogP contribution >= 0.6 is 0 Å². The highest BCUT2D eigenvalue weighted by molar-refractivity contribution is 5.94. The summed E-state index contributed by atoms with van der Waals surface area (Å²) >= 11 is 0. The van der Waals surface area contributed by atoms with Crippen LogP contribution in [-0.4, -0.2) is 24.1 Å². The van der Waals surface area contributed by atoms with E-state index in [2.05, 4.69) is 10.6 Å². The van der Waals surface area contributed by atoms with Crippen molar-refractivity contribution in [1.82, 2.24) is 10.6 Å². The molecular formula is C14H17FN2O4. The van der Waals surface area contributed by atoms with Crippen molar-refractivity contribution in [3.8, 4) is 0 Å². The quantitative estimate of drug-likeness (QED) is 0.819. The van der Waals surface area contributed by atoms with Gasteiger partial charge in [-0.1, -0.05) is 12.1 Å². The van der Waals surface area contributed by atoms with E-state index in [-0.39, 0.29) is 17.9 Å². The molecule has 1 aliphatic rings. The molecule has 4 N–H and O–H groups in total. The largest absolute Gasteiger partial charge is 0.463 e. The second kappa shape index (κ2) is 6.85. The Morgan fingerprint density at radius 2 is 1.95 bits per heavy atom. The van der Waals surface area contributed by atoms with Gasteiger partial charge in [0.2, 0.25) is 0 Å². The van der Waals surface area contributed by atoms with Crippen molar-refractivity contribution in [3.63, 3.8) is 0 Å². The summed E-state index contributed by atoms with van der Waals surface area (Å²) < 4.78 is 18.0. The molecule has 1 aliphatic heterocycles. The second-order valence-corrected chi connectivity index (χ2v) is 4.34. The Bertz CT molecular complexity index is 569. The van der Waals surface area contributed by atoms with E-state index >= 15 is 0 Å². The molecule has 2 rings (SSSR count). The molecule has 114 valence electrons. The minimum atomic E-state index is -0.650. The van der Waals surface area contributed by atoms with E-state index in [1.54, 1.807) is 13.8 Å². The van der Waals surface area contributed by atoms with Crippen LogP contribution in [0.1, 0.15) is 25.5 Å².